The lowest BCUT2D eigenvalue weighted by atomic mass is 9.89. The average Bonchev–Trinajstić information content (AvgIpc) is 3.91. The van der Waals surface area contributed by atoms with Gasteiger partial charge in [0.25, 0.3) is 0 Å². The second kappa shape index (κ2) is 14.3. The molecule has 0 spiro atoms. The minimum atomic E-state index is 0.895. The summed E-state index contributed by atoms with van der Waals surface area (Å²) in [5.74, 6) is 0. The molecular weight excluding hydrogens is 743 g/mol. The van der Waals surface area contributed by atoms with Gasteiger partial charge in [-0.15, -0.1) is 0 Å². The monoisotopic (exact) mass is 779 g/mol. The molecule has 0 aliphatic carbocycles. The van der Waals surface area contributed by atoms with Crippen LogP contribution < -0.4 is 4.90 Å². The van der Waals surface area contributed by atoms with Crippen LogP contribution in [0.5, 0.6) is 0 Å². The van der Waals surface area contributed by atoms with Crippen molar-refractivity contribution in [2.24, 2.45) is 0 Å². The van der Waals surface area contributed by atoms with Crippen LogP contribution in [0.3, 0.4) is 0 Å². The van der Waals surface area contributed by atoms with Crippen LogP contribution in [0.4, 0.5) is 17.1 Å². The Morgan fingerprint density at radius 3 is 1.49 bits per heavy atom. The largest absolute Gasteiger partial charge is 0.456 e. The summed E-state index contributed by atoms with van der Waals surface area (Å²) >= 11 is 0. The molecule has 0 saturated carbocycles. The zero-order valence-corrected chi connectivity index (χ0v) is 33.1. The molecule has 61 heavy (non-hydrogen) atoms. The first-order chi connectivity index (χ1) is 30.2. The van der Waals surface area contributed by atoms with Gasteiger partial charge in [0.2, 0.25) is 0 Å². The number of nitrogens with zero attached hydrogens (tertiary/aromatic N) is 1. The summed E-state index contributed by atoms with van der Waals surface area (Å²) in [6.45, 7) is 0. The normalized spacial score (nSPS) is 11.6. The molecule has 10 aromatic carbocycles. The first kappa shape index (κ1) is 34.9. The molecule has 0 amide bonds. The van der Waals surface area contributed by atoms with Gasteiger partial charge in [0.1, 0.15) is 22.3 Å². The molecule has 12 aromatic rings. The van der Waals surface area contributed by atoms with Crippen LogP contribution in [0.1, 0.15) is 0 Å². The van der Waals surface area contributed by atoms with Gasteiger partial charge >= 0.3 is 0 Å². The lowest BCUT2D eigenvalue weighted by Crippen LogP contribution is -2.09. The Bertz CT molecular complexity index is 3560. The fourth-order valence-corrected chi connectivity index (χ4v) is 9.13. The Kier molecular flexibility index (Phi) is 8.17. The summed E-state index contributed by atoms with van der Waals surface area (Å²) in [4.78, 5) is 2.33. The van der Waals surface area contributed by atoms with Crippen molar-refractivity contribution in [3.63, 3.8) is 0 Å². The molecule has 3 heteroatoms. The van der Waals surface area contributed by atoms with E-state index < -0.39 is 0 Å². The van der Waals surface area contributed by atoms with E-state index in [2.05, 4.69) is 211 Å². The molecule has 2 aromatic heterocycles. The maximum absolute atomic E-state index is 6.62. The van der Waals surface area contributed by atoms with Crippen LogP contribution in [0.25, 0.3) is 99.2 Å². The van der Waals surface area contributed by atoms with E-state index in [0.29, 0.717) is 0 Å². The molecular formula is C58H37NO2. The minimum absolute atomic E-state index is 0.895. The third-order valence-corrected chi connectivity index (χ3v) is 12.1. The van der Waals surface area contributed by atoms with E-state index >= 15 is 0 Å². The number of hydrogen-bond acceptors (Lipinski definition) is 3. The summed E-state index contributed by atoms with van der Waals surface area (Å²) in [6, 6.07) is 79.9. The van der Waals surface area contributed by atoms with Crippen LogP contribution in [0.2, 0.25) is 0 Å². The highest BCUT2D eigenvalue weighted by Crippen LogP contribution is 2.45. The first-order valence-corrected chi connectivity index (χ1v) is 20.7. The van der Waals surface area contributed by atoms with Crippen molar-refractivity contribution in [2.75, 3.05) is 4.90 Å². The summed E-state index contributed by atoms with van der Waals surface area (Å²) < 4.78 is 12.9. The van der Waals surface area contributed by atoms with E-state index in [1.807, 2.05) is 18.2 Å². The Morgan fingerprint density at radius 2 is 0.787 bits per heavy atom. The quantitative estimate of drug-likeness (QED) is 0.161. The van der Waals surface area contributed by atoms with E-state index in [1.54, 1.807) is 0 Å². The predicted octanol–water partition coefficient (Wildman–Crippen LogP) is 16.8. The number of benzene rings is 10. The maximum atomic E-state index is 6.62. The first-order valence-electron chi connectivity index (χ1n) is 20.7. The molecule has 0 aliphatic rings. The summed E-state index contributed by atoms with van der Waals surface area (Å²) in [7, 11) is 0. The SMILES string of the molecule is c1ccc(-c2ccc(N(c3ccc(-c4ccc5c(c4)oc4ccccc45)cc3)c3ccc(-c4ccc5ccccc5c4-c4cccc5c4oc4ccccc45)cc3)cc2)cc1. The van der Waals surface area contributed by atoms with Crippen molar-refractivity contribution in [1.29, 1.82) is 0 Å². The van der Waals surface area contributed by atoms with Gasteiger partial charge in [-0.2, -0.15) is 0 Å². The maximum Gasteiger partial charge on any atom is 0.143 e. The number of fused-ring (bicyclic) bond motifs is 7. The van der Waals surface area contributed by atoms with Gasteiger partial charge in [-0.1, -0.05) is 164 Å². The van der Waals surface area contributed by atoms with E-state index in [1.165, 1.54) is 27.5 Å². The molecule has 0 atom stereocenters. The molecule has 0 fully saturated rings. The second-order valence-electron chi connectivity index (χ2n) is 15.6. The third-order valence-electron chi connectivity index (χ3n) is 12.1. The summed E-state index contributed by atoms with van der Waals surface area (Å²) in [5, 5.41) is 6.90. The molecule has 0 unspecified atom stereocenters. The Hall–Kier alpha value is -8.14. The molecule has 3 nitrogen and oxygen atoms in total. The van der Waals surface area contributed by atoms with Crippen molar-refractivity contribution in [3.05, 3.63) is 224 Å². The summed E-state index contributed by atoms with van der Waals surface area (Å²) in [5.41, 5.74) is 16.0. The number of para-hydroxylation sites is 3. The van der Waals surface area contributed by atoms with Crippen LogP contribution in [-0.2, 0) is 0 Å². The number of hydrogen-bond donors (Lipinski definition) is 0. The molecule has 0 radical (unpaired) electrons. The van der Waals surface area contributed by atoms with Crippen LogP contribution in [-0.4, -0.2) is 0 Å². The fourth-order valence-electron chi connectivity index (χ4n) is 9.13. The molecule has 2 heterocycles. The van der Waals surface area contributed by atoms with Crippen LogP contribution in [0, 0.1) is 0 Å². The van der Waals surface area contributed by atoms with Gasteiger partial charge in [0, 0.05) is 49.7 Å². The highest BCUT2D eigenvalue weighted by Gasteiger charge is 2.20. The fraction of sp³-hybridized carbons (Fsp3) is 0. The Balaban J connectivity index is 0.960. The summed E-state index contributed by atoms with van der Waals surface area (Å²) in [6.07, 6.45) is 0. The van der Waals surface area contributed by atoms with E-state index in [0.717, 1.165) is 88.8 Å². The van der Waals surface area contributed by atoms with Gasteiger partial charge in [-0.3, -0.25) is 0 Å². The van der Waals surface area contributed by atoms with Crippen molar-refractivity contribution < 1.29 is 8.83 Å². The molecule has 0 N–H and O–H groups in total. The van der Waals surface area contributed by atoms with Gasteiger partial charge in [0.05, 0.1) is 0 Å². The minimum Gasteiger partial charge on any atom is -0.456 e. The average molecular weight is 780 g/mol. The van der Waals surface area contributed by atoms with E-state index in [4.69, 9.17) is 8.83 Å². The molecule has 286 valence electrons. The predicted molar refractivity (Wildman–Crippen MR) is 255 cm³/mol. The van der Waals surface area contributed by atoms with Gasteiger partial charge in [0.15, 0.2) is 0 Å². The molecule has 12 rings (SSSR count). The van der Waals surface area contributed by atoms with Crippen molar-refractivity contribution in [2.45, 2.75) is 0 Å². The third kappa shape index (κ3) is 5.98. The molecule has 0 bridgehead atoms. The van der Waals surface area contributed by atoms with E-state index in [9.17, 15) is 0 Å². The molecule has 0 aliphatic heterocycles. The second-order valence-corrected chi connectivity index (χ2v) is 15.6. The smallest absolute Gasteiger partial charge is 0.143 e. The number of rotatable bonds is 7. The van der Waals surface area contributed by atoms with Crippen molar-refractivity contribution in [1.82, 2.24) is 0 Å². The van der Waals surface area contributed by atoms with Gasteiger partial charge in [-0.25, -0.2) is 0 Å². The molecule has 0 saturated heterocycles. The lowest BCUT2D eigenvalue weighted by molar-refractivity contribution is 0.669. The lowest BCUT2D eigenvalue weighted by Gasteiger charge is -2.26. The van der Waals surface area contributed by atoms with Crippen molar-refractivity contribution in [3.8, 4) is 44.5 Å². The zero-order chi connectivity index (χ0) is 40.3. The Morgan fingerprint density at radius 1 is 0.279 bits per heavy atom. The highest BCUT2D eigenvalue weighted by molar-refractivity contribution is 6.15. The Labute approximate surface area is 353 Å². The van der Waals surface area contributed by atoms with Crippen LogP contribution >= 0.6 is 0 Å². The number of anilines is 3. The van der Waals surface area contributed by atoms with E-state index in [-0.39, 0.29) is 0 Å². The topological polar surface area (TPSA) is 29.5 Å². The standard InChI is InChI=1S/C58H37NO2/c1-2-11-38(12-3-1)39-21-29-44(30-22-39)59(45-31-23-40(24-32-45)43-28-36-51-49-15-6-8-19-54(49)60-56(51)37-43)46-33-25-42(26-34-46)48-35-27-41-13-4-5-14-47(41)57(48)53-18-10-17-52-50-16-7-9-20-55(50)61-58(52)53/h1-37H. The van der Waals surface area contributed by atoms with Crippen LogP contribution in [0.15, 0.2) is 233 Å². The van der Waals surface area contributed by atoms with Gasteiger partial charge < -0.3 is 13.7 Å². The van der Waals surface area contributed by atoms with Crippen molar-refractivity contribution >= 4 is 71.7 Å². The highest BCUT2D eigenvalue weighted by atomic mass is 16.3. The van der Waals surface area contributed by atoms with Gasteiger partial charge in [-0.05, 0) is 105 Å². The number of furan rings is 2. The zero-order valence-electron chi connectivity index (χ0n) is 33.1.